The van der Waals surface area contributed by atoms with Crippen LogP contribution < -0.4 is 5.32 Å². The molecular weight excluding hydrogens is 275 g/mol. The second kappa shape index (κ2) is 8.60. The molecule has 0 spiro atoms. The molecule has 4 heteroatoms. The van der Waals surface area contributed by atoms with Gasteiger partial charge in [0.05, 0.1) is 6.67 Å². The van der Waals surface area contributed by atoms with Crippen LogP contribution in [0.25, 0.3) is 0 Å². The summed E-state index contributed by atoms with van der Waals surface area (Å²) in [6, 6.07) is 8.91. The van der Waals surface area contributed by atoms with Crippen LogP contribution >= 0.6 is 12.4 Å². The highest BCUT2D eigenvalue weighted by Gasteiger charge is 2.22. The van der Waals surface area contributed by atoms with E-state index in [0.29, 0.717) is 12.3 Å². The summed E-state index contributed by atoms with van der Waals surface area (Å²) in [4.78, 5) is 2.41. The van der Waals surface area contributed by atoms with Crippen LogP contribution in [0.15, 0.2) is 24.3 Å². The van der Waals surface area contributed by atoms with Gasteiger partial charge in [0.15, 0.2) is 0 Å². The highest BCUT2D eigenvalue weighted by Crippen LogP contribution is 2.27. The predicted octanol–water partition coefficient (Wildman–Crippen LogP) is 3.54. The van der Waals surface area contributed by atoms with Gasteiger partial charge in [-0.2, -0.15) is 0 Å². The van der Waals surface area contributed by atoms with E-state index in [4.69, 9.17) is 0 Å². The van der Waals surface area contributed by atoms with E-state index in [0.717, 1.165) is 26.2 Å². The molecule has 0 amide bonds. The summed E-state index contributed by atoms with van der Waals surface area (Å²) in [6.45, 7) is 8.19. The summed E-state index contributed by atoms with van der Waals surface area (Å²) in [5.41, 5.74) is 2.61. The second-order valence-corrected chi connectivity index (χ2v) is 5.60. The number of hydrogen-bond donors (Lipinski definition) is 1. The fourth-order valence-electron chi connectivity index (χ4n) is 2.78. The van der Waals surface area contributed by atoms with Gasteiger partial charge >= 0.3 is 0 Å². The number of benzene rings is 1. The van der Waals surface area contributed by atoms with Gasteiger partial charge in [0.2, 0.25) is 0 Å². The SMILES string of the molecule is CC(C)c1cccc([C@@H](CCF)N2CCNCC2)c1.Cl. The van der Waals surface area contributed by atoms with Crippen LogP contribution in [0.2, 0.25) is 0 Å². The van der Waals surface area contributed by atoms with E-state index in [-0.39, 0.29) is 25.1 Å². The molecule has 2 nitrogen and oxygen atoms in total. The first kappa shape index (κ1) is 17.4. The standard InChI is InChI=1S/C16H25FN2.ClH/c1-13(2)14-4-3-5-15(12-14)16(6-7-17)19-10-8-18-9-11-19;/h3-5,12-13,16,18H,6-11H2,1-2H3;1H/t16-;/m1./s1. The van der Waals surface area contributed by atoms with Gasteiger partial charge in [-0.3, -0.25) is 9.29 Å². The Morgan fingerprint density at radius 3 is 2.45 bits per heavy atom. The van der Waals surface area contributed by atoms with Gasteiger partial charge < -0.3 is 5.32 Å². The van der Waals surface area contributed by atoms with Gasteiger partial charge in [-0.05, 0) is 23.5 Å². The minimum Gasteiger partial charge on any atom is -0.314 e. The van der Waals surface area contributed by atoms with Crippen molar-refractivity contribution in [1.29, 1.82) is 0 Å². The van der Waals surface area contributed by atoms with Crippen molar-refractivity contribution >= 4 is 12.4 Å². The number of nitrogens with one attached hydrogen (secondary N) is 1. The van der Waals surface area contributed by atoms with Gasteiger partial charge in [-0.1, -0.05) is 38.1 Å². The normalized spacial score (nSPS) is 17.8. The topological polar surface area (TPSA) is 15.3 Å². The zero-order chi connectivity index (χ0) is 13.7. The molecule has 1 aliphatic heterocycles. The number of nitrogens with zero attached hydrogens (tertiary/aromatic N) is 1. The Morgan fingerprint density at radius 2 is 1.85 bits per heavy atom. The van der Waals surface area contributed by atoms with Gasteiger partial charge in [0.25, 0.3) is 0 Å². The molecule has 0 saturated carbocycles. The molecule has 1 N–H and O–H groups in total. The molecule has 2 rings (SSSR count). The lowest BCUT2D eigenvalue weighted by Crippen LogP contribution is -2.45. The molecule has 20 heavy (non-hydrogen) atoms. The molecule has 114 valence electrons. The number of piperazine rings is 1. The first-order valence-electron chi connectivity index (χ1n) is 7.33. The Kier molecular flexibility index (Phi) is 7.49. The quantitative estimate of drug-likeness (QED) is 0.895. The smallest absolute Gasteiger partial charge is 0.0912 e. The van der Waals surface area contributed by atoms with E-state index >= 15 is 0 Å². The van der Waals surface area contributed by atoms with Crippen LogP contribution in [0.3, 0.4) is 0 Å². The van der Waals surface area contributed by atoms with Crippen molar-refractivity contribution in [2.75, 3.05) is 32.9 Å². The first-order valence-corrected chi connectivity index (χ1v) is 7.33. The molecule has 1 aliphatic rings. The van der Waals surface area contributed by atoms with Crippen molar-refractivity contribution in [3.63, 3.8) is 0 Å². The molecule has 0 aliphatic carbocycles. The molecular formula is C16H26ClFN2. The van der Waals surface area contributed by atoms with E-state index in [2.05, 4.69) is 48.3 Å². The van der Waals surface area contributed by atoms with Gasteiger partial charge in [0.1, 0.15) is 0 Å². The molecule has 1 fully saturated rings. The van der Waals surface area contributed by atoms with Gasteiger partial charge in [0, 0.05) is 32.2 Å². The largest absolute Gasteiger partial charge is 0.314 e. The second-order valence-electron chi connectivity index (χ2n) is 5.60. The fourth-order valence-corrected chi connectivity index (χ4v) is 2.78. The van der Waals surface area contributed by atoms with E-state index < -0.39 is 0 Å². The molecule has 0 radical (unpaired) electrons. The maximum Gasteiger partial charge on any atom is 0.0912 e. The van der Waals surface area contributed by atoms with Gasteiger partial charge in [-0.25, -0.2) is 0 Å². The first-order chi connectivity index (χ1) is 9.22. The van der Waals surface area contributed by atoms with Gasteiger partial charge in [-0.15, -0.1) is 12.4 Å². The molecule has 0 aromatic heterocycles. The van der Waals surface area contributed by atoms with E-state index in [1.807, 2.05) is 0 Å². The Morgan fingerprint density at radius 1 is 1.20 bits per heavy atom. The van der Waals surface area contributed by atoms with Crippen LogP contribution in [0.4, 0.5) is 4.39 Å². The lowest BCUT2D eigenvalue weighted by Gasteiger charge is -2.35. The lowest BCUT2D eigenvalue weighted by atomic mass is 9.95. The number of halogens is 2. The summed E-state index contributed by atoms with van der Waals surface area (Å²) in [7, 11) is 0. The van der Waals surface area contributed by atoms with Crippen molar-refractivity contribution in [2.24, 2.45) is 0 Å². The maximum atomic E-state index is 12.9. The molecule has 1 heterocycles. The van der Waals surface area contributed by atoms with Crippen molar-refractivity contribution < 1.29 is 4.39 Å². The summed E-state index contributed by atoms with van der Waals surface area (Å²) in [6.07, 6.45) is 0.599. The maximum absolute atomic E-state index is 12.9. The number of rotatable bonds is 5. The fraction of sp³-hybridized carbons (Fsp3) is 0.625. The third-order valence-corrected chi connectivity index (χ3v) is 3.94. The van der Waals surface area contributed by atoms with Crippen LogP contribution in [-0.4, -0.2) is 37.8 Å². The Bertz CT molecular complexity index is 392. The zero-order valence-electron chi connectivity index (χ0n) is 12.4. The Balaban J connectivity index is 0.00000200. The Labute approximate surface area is 128 Å². The monoisotopic (exact) mass is 300 g/mol. The molecule has 0 bridgehead atoms. The third-order valence-electron chi connectivity index (χ3n) is 3.94. The summed E-state index contributed by atoms with van der Waals surface area (Å²) in [5, 5.41) is 3.36. The predicted molar refractivity (Wildman–Crippen MR) is 85.6 cm³/mol. The van der Waals surface area contributed by atoms with Crippen molar-refractivity contribution in [3.05, 3.63) is 35.4 Å². The summed E-state index contributed by atoms with van der Waals surface area (Å²) >= 11 is 0. The van der Waals surface area contributed by atoms with E-state index in [9.17, 15) is 4.39 Å². The molecule has 1 aromatic carbocycles. The Hall–Kier alpha value is -0.640. The van der Waals surface area contributed by atoms with Crippen molar-refractivity contribution in [2.45, 2.75) is 32.2 Å². The van der Waals surface area contributed by atoms with E-state index in [1.165, 1.54) is 11.1 Å². The average molecular weight is 301 g/mol. The van der Waals surface area contributed by atoms with Crippen molar-refractivity contribution in [1.82, 2.24) is 10.2 Å². The van der Waals surface area contributed by atoms with Crippen LogP contribution in [-0.2, 0) is 0 Å². The molecule has 0 unspecified atom stereocenters. The van der Waals surface area contributed by atoms with Crippen LogP contribution in [0.1, 0.15) is 43.4 Å². The average Bonchev–Trinajstić information content (AvgIpc) is 2.46. The third kappa shape index (κ3) is 4.44. The lowest BCUT2D eigenvalue weighted by molar-refractivity contribution is 0.157. The molecule has 1 saturated heterocycles. The van der Waals surface area contributed by atoms with Crippen molar-refractivity contribution in [3.8, 4) is 0 Å². The minimum absolute atomic E-state index is 0. The van der Waals surface area contributed by atoms with Crippen LogP contribution in [0.5, 0.6) is 0 Å². The van der Waals surface area contributed by atoms with E-state index in [1.54, 1.807) is 0 Å². The highest BCUT2D eigenvalue weighted by atomic mass is 35.5. The van der Waals surface area contributed by atoms with Crippen LogP contribution in [0, 0.1) is 0 Å². The molecule has 1 atom stereocenters. The summed E-state index contributed by atoms with van der Waals surface area (Å²) in [5.74, 6) is 0.522. The molecule has 1 aromatic rings. The number of alkyl halides is 1. The number of hydrogen-bond acceptors (Lipinski definition) is 2. The minimum atomic E-state index is -0.250. The highest BCUT2D eigenvalue weighted by molar-refractivity contribution is 5.85. The zero-order valence-corrected chi connectivity index (χ0v) is 13.3. The summed E-state index contributed by atoms with van der Waals surface area (Å²) < 4.78 is 12.9.